The van der Waals surface area contributed by atoms with Gasteiger partial charge in [-0.1, -0.05) is 36.4 Å². The minimum absolute atomic E-state index is 0.0120. The Morgan fingerprint density at radius 1 is 0.542 bits per heavy atom. The summed E-state index contributed by atoms with van der Waals surface area (Å²) in [5, 5.41) is 2.90. The van der Waals surface area contributed by atoms with Crippen molar-refractivity contribution >= 4 is 62.8 Å². The van der Waals surface area contributed by atoms with Gasteiger partial charge in [-0.05, 0) is 60.3 Å². The SMILES string of the molecule is Cc1cc2c3n4c(c2cc1F)N=C1N=C(N=c2c5cc(F)c(F)cc5c(n2B4Oc2cccc4ccccc24)=N3)c2cc(F)c(F)cc21. The zero-order chi connectivity index (χ0) is 32.6. The Morgan fingerprint density at radius 2 is 1.12 bits per heavy atom. The predicted molar refractivity (Wildman–Crippen MR) is 171 cm³/mol. The molecule has 4 bridgehead atoms. The third-order valence-electron chi connectivity index (χ3n) is 9.05. The average Bonchev–Trinajstić information content (AvgIpc) is 3.66. The summed E-state index contributed by atoms with van der Waals surface area (Å²) in [5.41, 5.74) is 0.864. The van der Waals surface area contributed by atoms with Crippen molar-refractivity contribution in [1.82, 2.24) is 8.96 Å². The molecule has 0 saturated heterocycles. The summed E-state index contributed by atoms with van der Waals surface area (Å²) >= 11 is 0. The Kier molecular flexibility index (Phi) is 5.21. The molecule has 0 radical (unpaired) electrons. The van der Waals surface area contributed by atoms with Crippen molar-refractivity contribution in [3.63, 3.8) is 0 Å². The minimum atomic E-state index is -1.18. The summed E-state index contributed by atoms with van der Waals surface area (Å²) in [5.74, 6) is -4.13. The van der Waals surface area contributed by atoms with Crippen LogP contribution in [0.15, 0.2) is 98.8 Å². The van der Waals surface area contributed by atoms with E-state index in [0.29, 0.717) is 27.9 Å². The molecular formula is C35H16BF5N6O. The van der Waals surface area contributed by atoms with Crippen LogP contribution in [-0.2, 0) is 0 Å². The molecule has 13 heteroatoms. The Balaban J connectivity index is 1.43. The van der Waals surface area contributed by atoms with Gasteiger partial charge < -0.3 is 4.65 Å². The molecule has 0 N–H and O–H groups in total. The lowest BCUT2D eigenvalue weighted by Gasteiger charge is -2.23. The highest BCUT2D eigenvalue weighted by Crippen LogP contribution is 2.42. The molecule has 0 fully saturated rings. The summed E-state index contributed by atoms with van der Waals surface area (Å²) in [6.45, 7) is 1.61. The van der Waals surface area contributed by atoms with Crippen LogP contribution in [0.2, 0.25) is 0 Å². The van der Waals surface area contributed by atoms with E-state index in [1.165, 1.54) is 6.07 Å². The second-order valence-electron chi connectivity index (χ2n) is 11.8. The number of nitrogens with zero attached hydrogens (tertiary/aromatic N) is 6. The quantitative estimate of drug-likeness (QED) is 0.149. The molecule has 5 heterocycles. The molecule has 0 saturated carbocycles. The molecule has 7 aromatic rings. The number of hydrogen-bond donors (Lipinski definition) is 0. The molecule has 0 aliphatic carbocycles. The standard InChI is InChI=1S/C35H16BF5N6O/c1-15-9-20-21(12-24(15)37)32-43-30-18-10-25(38)26(39)11-19(18)31(42-30)44-33-22-13-27(40)28(41)14-23(22)35-45-34(20)46(32)36(47(33)35)48-29-8-4-6-16-5-2-3-7-17(16)29/h2-14H,1H3. The van der Waals surface area contributed by atoms with E-state index in [-0.39, 0.29) is 50.4 Å². The normalized spacial score (nSPS) is 14.2. The maximum atomic E-state index is 15.3. The van der Waals surface area contributed by atoms with E-state index in [1.807, 2.05) is 36.4 Å². The van der Waals surface area contributed by atoms with Gasteiger partial charge in [-0.25, -0.2) is 41.9 Å². The van der Waals surface area contributed by atoms with Crippen LogP contribution in [0.1, 0.15) is 16.7 Å². The van der Waals surface area contributed by atoms with Crippen LogP contribution in [0.4, 0.5) is 33.6 Å². The first-order chi connectivity index (χ1) is 23.2. The highest BCUT2D eigenvalue weighted by atomic mass is 19.2. The lowest BCUT2D eigenvalue weighted by molar-refractivity contribution is 0.508. The van der Waals surface area contributed by atoms with Gasteiger partial charge in [0.2, 0.25) is 0 Å². The number of hydrogen-bond acceptors (Lipinski definition) is 5. The van der Waals surface area contributed by atoms with Crippen LogP contribution in [0.5, 0.6) is 5.75 Å². The zero-order valence-corrected chi connectivity index (χ0v) is 24.6. The Bertz CT molecular complexity index is 2850. The summed E-state index contributed by atoms with van der Waals surface area (Å²) in [7, 11) is -1.18. The summed E-state index contributed by atoms with van der Waals surface area (Å²) in [4.78, 5) is 19.1. The number of benzene rings is 5. The van der Waals surface area contributed by atoms with Crippen molar-refractivity contribution in [2.75, 3.05) is 0 Å². The largest absolute Gasteiger partial charge is 0.633 e. The van der Waals surface area contributed by atoms with Gasteiger partial charge in [0.15, 0.2) is 34.9 Å². The number of aliphatic imine (C=N–C) groups is 2. The van der Waals surface area contributed by atoms with Crippen LogP contribution in [-0.4, -0.2) is 27.8 Å². The molecule has 2 aromatic heterocycles. The molecule has 0 spiro atoms. The molecule has 10 rings (SSSR count). The third kappa shape index (κ3) is 3.52. The van der Waals surface area contributed by atoms with E-state index >= 15 is 4.39 Å². The van der Waals surface area contributed by atoms with Gasteiger partial charge in [-0.15, -0.1) is 0 Å². The second kappa shape index (κ2) is 9.25. The Hall–Kier alpha value is -6.11. The summed E-state index contributed by atoms with van der Waals surface area (Å²) in [6, 6.07) is 20.1. The third-order valence-corrected chi connectivity index (χ3v) is 9.05. The Labute approximate surface area is 266 Å². The monoisotopic (exact) mass is 642 g/mol. The first-order valence-corrected chi connectivity index (χ1v) is 14.9. The lowest BCUT2D eigenvalue weighted by atomic mass is 9.97. The maximum Gasteiger partial charge on any atom is 0.633 e. The first-order valence-electron chi connectivity index (χ1n) is 14.9. The number of halogens is 5. The summed E-state index contributed by atoms with van der Waals surface area (Å²) < 4.78 is 84.6. The predicted octanol–water partition coefficient (Wildman–Crippen LogP) is 6.95. The number of amidine groups is 2. The fraction of sp³-hybridized carbons (Fsp3) is 0.0286. The van der Waals surface area contributed by atoms with Gasteiger partial charge in [0, 0.05) is 38.1 Å². The van der Waals surface area contributed by atoms with Gasteiger partial charge in [0.05, 0.1) is 0 Å². The van der Waals surface area contributed by atoms with Gasteiger partial charge in [-0.3, -0.25) is 8.96 Å². The van der Waals surface area contributed by atoms with E-state index in [9.17, 15) is 17.6 Å². The van der Waals surface area contributed by atoms with Crippen LogP contribution >= 0.6 is 0 Å². The second-order valence-corrected chi connectivity index (χ2v) is 11.8. The fourth-order valence-corrected chi connectivity index (χ4v) is 6.80. The average molecular weight is 642 g/mol. The first kappa shape index (κ1) is 27.0. The molecule has 5 aromatic carbocycles. The molecule has 3 aliphatic rings. The van der Waals surface area contributed by atoms with Crippen molar-refractivity contribution in [3.05, 3.63) is 136 Å². The van der Waals surface area contributed by atoms with Gasteiger partial charge in [0.1, 0.15) is 34.2 Å². The van der Waals surface area contributed by atoms with E-state index < -0.39 is 36.3 Å². The van der Waals surface area contributed by atoms with E-state index in [1.54, 1.807) is 28.0 Å². The van der Waals surface area contributed by atoms with Crippen LogP contribution in [0.25, 0.3) is 32.3 Å². The van der Waals surface area contributed by atoms with Gasteiger partial charge >= 0.3 is 7.19 Å². The number of rotatable bonds is 2. The highest BCUT2D eigenvalue weighted by Gasteiger charge is 2.41. The molecule has 230 valence electrons. The lowest BCUT2D eigenvalue weighted by Crippen LogP contribution is -2.52. The number of aromatic nitrogens is 2. The van der Waals surface area contributed by atoms with Crippen molar-refractivity contribution < 1.29 is 26.6 Å². The summed E-state index contributed by atoms with van der Waals surface area (Å²) in [6.07, 6.45) is 0. The van der Waals surface area contributed by atoms with E-state index in [2.05, 4.69) is 4.99 Å². The minimum Gasteiger partial charge on any atom is -0.522 e. The maximum absolute atomic E-state index is 15.3. The number of aryl methyl sites for hydroxylation is 1. The molecule has 7 nitrogen and oxygen atoms in total. The van der Waals surface area contributed by atoms with Crippen LogP contribution < -0.4 is 15.6 Å². The van der Waals surface area contributed by atoms with Crippen LogP contribution in [0.3, 0.4) is 0 Å². The fourth-order valence-electron chi connectivity index (χ4n) is 6.80. The van der Waals surface area contributed by atoms with E-state index in [4.69, 9.17) is 19.6 Å². The van der Waals surface area contributed by atoms with Crippen molar-refractivity contribution in [2.24, 2.45) is 20.0 Å². The molecule has 48 heavy (non-hydrogen) atoms. The van der Waals surface area contributed by atoms with Crippen molar-refractivity contribution in [2.45, 2.75) is 6.92 Å². The molecule has 0 amide bonds. The van der Waals surface area contributed by atoms with Gasteiger partial charge in [0.25, 0.3) is 0 Å². The number of fused-ring (bicyclic) bond motifs is 11. The van der Waals surface area contributed by atoms with Gasteiger partial charge in [-0.2, -0.15) is 0 Å². The molecular weight excluding hydrogens is 626 g/mol. The molecule has 3 aliphatic heterocycles. The zero-order valence-electron chi connectivity index (χ0n) is 24.6. The van der Waals surface area contributed by atoms with Crippen LogP contribution in [0, 0.1) is 36.0 Å². The highest BCUT2D eigenvalue weighted by molar-refractivity contribution is 6.52. The van der Waals surface area contributed by atoms with Crippen molar-refractivity contribution in [1.29, 1.82) is 0 Å². The Morgan fingerprint density at radius 3 is 1.88 bits per heavy atom. The topological polar surface area (TPSA) is 68.5 Å². The molecule has 0 atom stereocenters. The molecule has 0 unspecified atom stereocenters. The van der Waals surface area contributed by atoms with E-state index in [0.717, 1.165) is 35.0 Å². The smallest absolute Gasteiger partial charge is 0.522 e. The van der Waals surface area contributed by atoms with Crippen molar-refractivity contribution in [3.8, 4) is 5.75 Å².